The zero-order chi connectivity index (χ0) is 54.8. The summed E-state index contributed by atoms with van der Waals surface area (Å²) in [5.41, 5.74) is -6.05. The summed E-state index contributed by atoms with van der Waals surface area (Å²) in [5.74, 6) is -2.39. The predicted molar refractivity (Wildman–Crippen MR) is 294 cm³/mol. The van der Waals surface area contributed by atoms with Crippen LogP contribution in [0.25, 0.3) is 11.0 Å². The number of aliphatic hydroxyl groups is 9. The van der Waals surface area contributed by atoms with Gasteiger partial charge in [0.2, 0.25) is 12.0 Å². The minimum Gasteiger partial charge on any atom is -0.485 e. The van der Waals surface area contributed by atoms with Gasteiger partial charge in [0.15, 0.2) is 16.9 Å². The van der Waals surface area contributed by atoms with Crippen molar-refractivity contribution in [3.63, 3.8) is 0 Å². The van der Waals surface area contributed by atoms with E-state index in [1.165, 1.54) is 17.1 Å². The Morgan fingerprint density at radius 2 is 1.84 bits per heavy atom. The van der Waals surface area contributed by atoms with Crippen LogP contribution in [0, 0.1) is 46.8 Å². The lowest BCUT2D eigenvalue weighted by Gasteiger charge is -2.67. The van der Waals surface area contributed by atoms with Crippen molar-refractivity contribution in [2.45, 2.75) is 188 Å². The van der Waals surface area contributed by atoms with Gasteiger partial charge in [0.1, 0.15) is 23.9 Å². The highest BCUT2D eigenvalue weighted by Crippen LogP contribution is 2.69. The van der Waals surface area contributed by atoms with Crippen molar-refractivity contribution >= 4 is 38.5 Å². The molecule has 5 bridgehead atoms. The van der Waals surface area contributed by atoms with Crippen LogP contribution in [0.1, 0.15) is 129 Å². The number of aliphatic hydroxyl groups excluding tert-OH is 7. The maximum Gasteiger partial charge on any atom is 0.306 e. The van der Waals surface area contributed by atoms with E-state index in [0.717, 1.165) is 64.3 Å². The number of rotatable bonds is 16. The highest BCUT2D eigenvalue weighted by Gasteiger charge is 2.78. The highest BCUT2D eigenvalue weighted by molar-refractivity contribution is 8.77. The average molecular weight is 1120 g/mol. The van der Waals surface area contributed by atoms with Crippen molar-refractivity contribution < 1.29 is 74.1 Å². The van der Waals surface area contributed by atoms with Crippen LogP contribution in [0.4, 0.5) is 0 Å². The van der Waals surface area contributed by atoms with Gasteiger partial charge in [0, 0.05) is 66.5 Å². The molecule has 434 valence electrons. The molecule has 0 unspecified atom stereocenters. The van der Waals surface area contributed by atoms with Gasteiger partial charge in [-0.3, -0.25) is 4.79 Å². The first-order chi connectivity index (χ1) is 37.1. The molecule has 77 heavy (non-hydrogen) atoms. The number of fused-ring (bicyclic) bond motifs is 11. The first-order valence-electron chi connectivity index (χ1n) is 29.1. The Morgan fingerprint density at radius 3 is 2.61 bits per heavy atom. The summed E-state index contributed by atoms with van der Waals surface area (Å²) in [5, 5.41) is 116. The van der Waals surface area contributed by atoms with Crippen LogP contribution in [-0.4, -0.2) is 169 Å². The Kier molecular flexibility index (Phi) is 19.4. The molecular formula is C58H90N2O15S2. The first-order valence-corrected chi connectivity index (χ1v) is 31.4. The van der Waals surface area contributed by atoms with E-state index in [4.69, 9.17) is 23.4 Å². The summed E-state index contributed by atoms with van der Waals surface area (Å²) in [6.07, 6.45) is 8.69. The molecule has 0 amide bonds. The van der Waals surface area contributed by atoms with Gasteiger partial charge < -0.3 is 80.0 Å². The van der Waals surface area contributed by atoms with Gasteiger partial charge in [0.25, 0.3) is 0 Å². The summed E-state index contributed by atoms with van der Waals surface area (Å²) in [7, 11) is 5.28. The second-order valence-corrected chi connectivity index (χ2v) is 27.0. The Morgan fingerprint density at radius 1 is 1.01 bits per heavy atom. The van der Waals surface area contributed by atoms with Crippen molar-refractivity contribution in [3.8, 4) is 11.5 Å². The monoisotopic (exact) mass is 1120 g/mol. The number of allylic oxidation sites excluding steroid dienone is 1. The molecular weight excluding hydrogens is 1030 g/mol. The minimum absolute atomic E-state index is 0.0268. The lowest BCUT2D eigenvalue weighted by atomic mass is 9.50. The van der Waals surface area contributed by atoms with Gasteiger partial charge >= 0.3 is 5.97 Å². The molecule has 4 aliphatic carbocycles. The van der Waals surface area contributed by atoms with Crippen molar-refractivity contribution in [3.05, 3.63) is 36.1 Å². The van der Waals surface area contributed by atoms with Gasteiger partial charge in [-0.25, -0.2) is 0 Å². The van der Waals surface area contributed by atoms with E-state index < -0.39 is 82.6 Å². The van der Waals surface area contributed by atoms with Crippen molar-refractivity contribution in [2.24, 2.45) is 46.8 Å². The summed E-state index contributed by atoms with van der Waals surface area (Å²) in [6.45, 7) is 5.01. The minimum atomic E-state index is -2.52. The molecule has 9 rings (SSSR count). The number of ether oxygens (including phenoxy) is 4. The second-order valence-electron chi connectivity index (χ2n) is 24.4. The van der Waals surface area contributed by atoms with Gasteiger partial charge in [0.05, 0.1) is 31.2 Å². The zero-order valence-corrected chi connectivity index (χ0v) is 47.2. The number of benzene rings is 1. The Labute approximate surface area is 462 Å². The summed E-state index contributed by atoms with van der Waals surface area (Å²) in [6, 6.07) is 3.53. The fourth-order valence-corrected chi connectivity index (χ4v) is 20.3. The molecule has 3 spiro atoms. The molecule has 18 atom stereocenters. The summed E-state index contributed by atoms with van der Waals surface area (Å²) in [4.78, 5) is 13.1. The fraction of sp³-hybridized carbons (Fsp3) is 0.810. The lowest BCUT2D eigenvalue weighted by molar-refractivity contribution is -0.424. The topological polar surface area (TPSA) is 273 Å². The van der Waals surface area contributed by atoms with Crippen LogP contribution in [0.2, 0.25) is 0 Å². The molecule has 1 aromatic heterocycles. The quantitative estimate of drug-likeness (QED) is 0.0589. The largest absolute Gasteiger partial charge is 0.485 e. The number of aryl methyl sites for hydroxylation is 1. The summed E-state index contributed by atoms with van der Waals surface area (Å²) < 4.78 is 32.4. The molecule has 4 heterocycles. The lowest BCUT2D eigenvalue weighted by Crippen LogP contribution is -2.86. The molecule has 0 radical (unpaired) electrons. The average Bonchev–Trinajstić information content (AvgIpc) is 4.26. The molecule has 2 aromatic rings. The maximum atomic E-state index is 13.8. The molecule has 17 nitrogen and oxygen atoms in total. The van der Waals surface area contributed by atoms with E-state index >= 15 is 0 Å². The number of carbonyl (C=O) groups excluding carboxylic acids is 1. The molecule has 7 aliphatic rings. The van der Waals surface area contributed by atoms with E-state index in [1.807, 2.05) is 13.1 Å². The Hall–Kier alpha value is -2.21. The molecule has 11 N–H and O–H groups in total. The SMILES string of the molecule is CCOC(=O)CCc1cc2ccoc2c2c1O[C@@H]1O[C@@]3(CSS[C@]4(CC[C@]5(CC[C@H](CNC)C5)[C@H]4CC[C@H](O)C[C@H](CO)CCCO)[C@H](CC[C@H](C)CCC[C@H]3O)NCCO2)[C@]2(O)C[C@@H]3C=C[C@H](O)[C@@H](CO)[C@H]3[C@@]1(O)[C@H]2O. The summed E-state index contributed by atoms with van der Waals surface area (Å²) >= 11 is 0. The van der Waals surface area contributed by atoms with Crippen LogP contribution in [0.15, 0.2) is 35.0 Å². The number of hydrogen-bond acceptors (Lipinski definition) is 19. The molecule has 2 saturated heterocycles. The van der Waals surface area contributed by atoms with Crippen LogP contribution in [0.3, 0.4) is 0 Å². The van der Waals surface area contributed by atoms with Gasteiger partial charge in [-0.15, -0.1) is 0 Å². The van der Waals surface area contributed by atoms with Crippen LogP contribution in [0.5, 0.6) is 11.5 Å². The van der Waals surface area contributed by atoms with Crippen molar-refractivity contribution in [2.75, 3.05) is 58.9 Å². The van der Waals surface area contributed by atoms with Crippen molar-refractivity contribution in [1.82, 2.24) is 10.6 Å². The highest BCUT2D eigenvalue weighted by atomic mass is 33.1. The number of hydrogen-bond donors (Lipinski definition) is 11. The number of esters is 1. The number of furan rings is 1. The standard InChI is InChI=1S/C58H90N2O15S2/c1-4-71-47(67)17-12-38-28-39-19-25-72-49(39)51-50(38)74-53-58(70)48-40(11-14-43(65)42(48)33-63)30-56(69,52(58)68)57(75-53)34-76-77-55(45(60-23-26-73-51)16-10-35(2)7-5-9-46(57)66)22-21-54(20-18-37(29-54)31-59-3)44(55)15-13-41(64)27-36(32-62)8-6-24-61/h11,14,19,25,28,35-37,40-46,48,52-53,59-66,68-70H,4-10,12-13,15-18,20-24,26-27,29-34H2,1-3H3/t35-,36-,37+,40+,41+,42-,43+,44-,45+,46-,48+,52+,53-,54+,55+,56+,57-,58-/m1/s1. The predicted octanol–water partition coefficient (Wildman–Crippen LogP) is 5.16. The molecule has 1 aromatic carbocycles. The van der Waals surface area contributed by atoms with Gasteiger partial charge in [-0.05, 0) is 170 Å². The van der Waals surface area contributed by atoms with E-state index in [0.29, 0.717) is 61.1 Å². The van der Waals surface area contributed by atoms with Crippen LogP contribution >= 0.6 is 21.6 Å². The third-order valence-electron chi connectivity index (χ3n) is 19.9. The van der Waals surface area contributed by atoms with E-state index in [2.05, 4.69) is 17.6 Å². The Bertz CT molecular complexity index is 2310. The molecule has 3 saturated carbocycles. The second kappa shape index (κ2) is 25.1. The first kappa shape index (κ1) is 59.4. The third-order valence-corrected chi connectivity index (χ3v) is 23.3. The van der Waals surface area contributed by atoms with E-state index in [-0.39, 0.29) is 98.6 Å². The van der Waals surface area contributed by atoms with Gasteiger partial charge in [-0.2, -0.15) is 0 Å². The Balaban J connectivity index is 1.22. The van der Waals surface area contributed by atoms with Crippen LogP contribution in [-0.2, 0) is 20.7 Å². The molecule has 3 aliphatic heterocycles. The third kappa shape index (κ3) is 11.3. The fourth-order valence-electron chi connectivity index (χ4n) is 16.0. The molecule has 5 fully saturated rings. The van der Waals surface area contributed by atoms with E-state index in [1.54, 1.807) is 35.9 Å². The maximum absolute atomic E-state index is 13.8. The molecule has 19 heteroatoms. The van der Waals surface area contributed by atoms with Crippen molar-refractivity contribution in [1.29, 1.82) is 0 Å². The van der Waals surface area contributed by atoms with E-state index in [9.17, 15) is 50.8 Å². The zero-order valence-electron chi connectivity index (χ0n) is 45.6. The normalized spacial score (nSPS) is 40.2. The number of carbonyl (C=O) groups is 1. The smallest absolute Gasteiger partial charge is 0.306 e. The van der Waals surface area contributed by atoms with Crippen LogP contribution < -0.4 is 20.1 Å². The van der Waals surface area contributed by atoms with Gasteiger partial charge in [-0.1, -0.05) is 53.5 Å². The number of nitrogens with one attached hydrogen (secondary N) is 2.